The first-order chi connectivity index (χ1) is 8.06. The van der Waals surface area contributed by atoms with Crippen LogP contribution in [0.2, 0.25) is 0 Å². The smallest absolute Gasteiger partial charge is 0.293 e. The van der Waals surface area contributed by atoms with Crippen molar-refractivity contribution in [1.29, 1.82) is 0 Å². The van der Waals surface area contributed by atoms with Gasteiger partial charge in [0.05, 0.1) is 10.3 Å². The van der Waals surface area contributed by atoms with Gasteiger partial charge in [-0.15, -0.1) is 0 Å². The van der Waals surface area contributed by atoms with E-state index < -0.39 is 10.3 Å². The van der Waals surface area contributed by atoms with Crippen molar-refractivity contribution in [3.8, 4) is 0 Å². The number of carbonyl (C=O) groups is 1. The first-order valence-electron chi connectivity index (χ1n) is 5.66. The molecule has 1 amide bonds. The molecule has 1 aliphatic rings. The Labute approximate surface area is 99.0 Å². The molecule has 5 nitrogen and oxygen atoms in total. The van der Waals surface area contributed by atoms with Gasteiger partial charge in [-0.2, -0.15) is 0 Å². The van der Waals surface area contributed by atoms with Gasteiger partial charge < -0.3 is 5.32 Å². The molecule has 0 aliphatic carbocycles. The fraction of sp³-hybridized carbons (Fsp3) is 0.417. The van der Waals surface area contributed by atoms with Crippen LogP contribution in [0.5, 0.6) is 0 Å². The Bertz CT molecular complexity index is 493. The lowest BCUT2D eigenvalue weighted by molar-refractivity contribution is -0.383. The average molecular weight is 234 g/mol. The maximum Gasteiger partial charge on any atom is 0.293 e. The van der Waals surface area contributed by atoms with Crippen LogP contribution in [0.3, 0.4) is 0 Å². The molecule has 17 heavy (non-hydrogen) atoms. The molecule has 1 N–H and O–H groups in total. The zero-order valence-electron chi connectivity index (χ0n) is 9.82. The highest BCUT2D eigenvalue weighted by Crippen LogP contribution is 2.46. The number of para-hydroxylation sites is 1. The van der Waals surface area contributed by atoms with Crippen LogP contribution in [-0.2, 0) is 10.2 Å². The number of carbonyl (C=O) groups excluding carboxylic acids is 1. The van der Waals surface area contributed by atoms with Gasteiger partial charge in [0.2, 0.25) is 5.91 Å². The summed E-state index contributed by atoms with van der Waals surface area (Å²) < 4.78 is 0. The first kappa shape index (κ1) is 11.6. The van der Waals surface area contributed by atoms with E-state index in [1.54, 1.807) is 12.1 Å². The van der Waals surface area contributed by atoms with Crippen molar-refractivity contribution in [2.24, 2.45) is 0 Å². The highest BCUT2D eigenvalue weighted by atomic mass is 16.6. The molecule has 1 aromatic carbocycles. The fourth-order valence-electron chi connectivity index (χ4n) is 2.53. The van der Waals surface area contributed by atoms with Gasteiger partial charge in [-0.25, -0.2) is 0 Å². The Kier molecular flexibility index (Phi) is 2.61. The van der Waals surface area contributed by atoms with Gasteiger partial charge in [0.15, 0.2) is 0 Å². The summed E-state index contributed by atoms with van der Waals surface area (Å²) in [7, 11) is 0. The maximum atomic E-state index is 12.1. The predicted octanol–water partition coefficient (Wildman–Crippen LogP) is 2.60. The van der Waals surface area contributed by atoms with Gasteiger partial charge in [0, 0.05) is 6.07 Å². The summed E-state index contributed by atoms with van der Waals surface area (Å²) in [6, 6.07) is 4.85. The highest BCUT2D eigenvalue weighted by Gasteiger charge is 2.46. The molecule has 0 unspecified atom stereocenters. The molecule has 0 saturated heterocycles. The van der Waals surface area contributed by atoms with E-state index >= 15 is 0 Å². The van der Waals surface area contributed by atoms with E-state index in [9.17, 15) is 14.9 Å². The number of fused-ring (bicyclic) bond motifs is 1. The number of rotatable bonds is 3. The van der Waals surface area contributed by atoms with Gasteiger partial charge in [0.25, 0.3) is 5.69 Å². The fourth-order valence-corrected chi connectivity index (χ4v) is 2.53. The van der Waals surface area contributed by atoms with Crippen LogP contribution in [0.4, 0.5) is 11.4 Å². The second-order valence-corrected chi connectivity index (χ2v) is 4.20. The molecule has 0 fully saturated rings. The largest absolute Gasteiger partial charge is 0.319 e. The van der Waals surface area contributed by atoms with E-state index in [4.69, 9.17) is 0 Å². The standard InChI is InChI=1S/C12H14N2O3/c1-3-12(4-2)8-6-5-7-9(14(16)17)10(8)13-11(12)15/h5-7H,3-4H2,1-2H3,(H,13,15). The number of nitrogens with one attached hydrogen (secondary N) is 1. The molecule has 1 aliphatic heterocycles. The predicted molar refractivity (Wildman–Crippen MR) is 64.0 cm³/mol. The lowest BCUT2D eigenvalue weighted by Gasteiger charge is -2.23. The van der Waals surface area contributed by atoms with Crippen LogP contribution in [0.25, 0.3) is 0 Å². The summed E-state index contributed by atoms with van der Waals surface area (Å²) in [6.45, 7) is 3.86. The summed E-state index contributed by atoms with van der Waals surface area (Å²) >= 11 is 0. The molecule has 0 saturated carbocycles. The third kappa shape index (κ3) is 1.42. The van der Waals surface area contributed by atoms with Gasteiger partial charge in [-0.1, -0.05) is 26.0 Å². The van der Waals surface area contributed by atoms with E-state index in [0.29, 0.717) is 18.5 Å². The van der Waals surface area contributed by atoms with Crippen molar-refractivity contribution in [2.45, 2.75) is 32.1 Å². The van der Waals surface area contributed by atoms with Gasteiger partial charge in [-0.3, -0.25) is 14.9 Å². The van der Waals surface area contributed by atoms with Crippen molar-refractivity contribution in [3.63, 3.8) is 0 Å². The minimum Gasteiger partial charge on any atom is -0.319 e. The molecule has 5 heteroatoms. The number of hydrogen-bond acceptors (Lipinski definition) is 3. The summed E-state index contributed by atoms with van der Waals surface area (Å²) in [6.07, 6.45) is 1.28. The Hall–Kier alpha value is -1.91. The Balaban J connectivity index is 2.67. The normalized spacial score (nSPS) is 16.5. The van der Waals surface area contributed by atoms with Crippen LogP contribution in [0.1, 0.15) is 32.3 Å². The third-order valence-corrected chi connectivity index (χ3v) is 3.64. The molecule has 0 radical (unpaired) electrons. The van der Waals surface area contributed by atoms with Gasteiger partial charge in [0.1, 0.15) is 5.69 Å². The molecule has 0 spiro atoms. The van der Waals surface area contributed by atoms with Crippen molar-refractivity contribution in [1.82, 2.24) is 0 Å². The Morgan fingerprint density at radius 2 is 2.00 bits per heavy atom. The van der Waals surface area contributed by atoms with Gasteiger partial charge in [-0.05, 0) is 18.4 Å². The van der Waals surface area contributed by atoms with Crippen LogP contribution in [-0.4, -0.2) is 10.8 Å². The van der Waals surface area contributed by atoms with Crippen LogP contribution >= 0.6 is 0 Å². The number of hydrogen-bond donors (Lipinski definition) is 1. The number of amides is 1. The molecule has 90 valence electrons. The SMILES string of the molecule is CCC1(CC)C(=O)Nc2c([N+](=O)[O-])cccc21. The van der Waals surface area contributed by atoms with Crippen LogP contribution in [0.15, 0.2) is 18.2 Å². The molecule has 0 aromatic heterocycles. The lowest BCUT2D eigenvalue weighted by atomic mass is 9.77. The van der Waals surface area contributed by atoms with Gasteiger partial charge >= 0.3 is 0 Å². The summed E-state index contributed by atoms with van der Waals surface area (Å²) in [5, 5.41) is 13.6. The van der Waals surface area contributed by atoms with Crippen LogP contribution < -0.4 is 5.32 Å². The second kappa shape index (κ2) is 3.84. The summed E-state index contributed by atoms with van der Waals surface area (Å²) in [5.74, 6) is -0.133. The second-order valence-electron chi connectivity index (χ2n) is 4.20. The summed E-state index contributed by atoms with van der Waals surface area (Å²) in [5.41, 5.74) is 0.481. The zero-order chi connectivity index (χ0) is 12.6. The highest BCUT2D eigenvalue weighted by molar-refractivity contribution is 6.08. The van der Waals surface area contributed by atoms with E-state index in [-0.39, 0.29) is 11.6 Å². The molecular formula is C12H14N2O3. The molecule has 1 aromatic rings. The van der Waals surface area contributed by atoms with E-state index in [1.165, 1.54) is 6.07 Å². The molecular weight excluding hydrogens is 220 g/mol. The Morgan fingerprint density at radius 1 is 1.35 bits per heavy atom. The average Bonchev–Trinajstić information content (AvgIpc) is 2.60. The van der Waals surface area contributed by atoms with Crippen LogP contribution in [0, 0.1) is 10.1 Å². The lowest BCUT2D eigenvalue weighted by Crippen LogP contribution is -2.32. The molecule has 0 bridgehead atoms. The summed E-state index contributed by atoms with van der Waals surface area (Å²) in [4.78, 5) is 22.5. The molecule has 0 atom stereocenters. The first-order valence-corrected chi connectivity index (χ1v) is 5.66. The van der Waals surface area contributed by atoms with Crippen molar-refractivity contribution < 1.29 is 9.72 Å². The quantitative estimate of drug-likeness (QED) is 0.645. The molecule has 2 rings (SSSR count). The van der Waals surface area contributed by atoms with Crippen molar-refractivity contribution in [3.05, 3.63) is 33.9 Å². The number of benzene rings is 1. The number of nitro groups is 1. The van der Waals surface area contributed by atoms with E-state index in [1.807, 2.05) is 13.8 Å². The topological polar surface area (TPSA) is 72.2 Å². The number of anilines is 1. The zero-order valence-corrected chi connectivity index (χ0v) is 9.82. The number of nitro benzene ring substituents is 1. The monoisotopic (exact) mass is 234 g/mol. The Morgan fingerprint density at radius 3 is 2.53 bits per heavy atom. The van der Waals surface area contributed by atoms with E-state index in [0.717, 1.165) is 5.56 Å². The minimum atomic E-state index is -0.610. The molecule has 1 heterocycles. The maximum absolute atomic E-state index is 12.1. The van der Waals surface area contributed by atoms with Crippen molar-refractivity contribution in [2.75, 3.05) is 5.32 Å². The number of nitrogens with zero attached hydrogens (tertiary/aromatic N) is 1. The van der Waals surface area contributed by atoms with E-state index in [2.05, 4.69) is 5.32 Å². The third-order valence-electron chi connectivity index (χ3n) is 3.64. The van der Waals surface area contributed by atoms with Crippen molar-refractivity contribution >= 4 is 17.3 Å². The minimum absolute atomic E-state index is 0.0281.